The number of thiophene rings is 1. The van der Waals surface area contributed by atoms with Crippen LogP contribution in [-0.2, 0) is 14.3 Å². The first-order valence-electron chi connectivity index (χ1n) is 9.28. The lowest BCUT2D eigenvalue weighted by molar-refractivity contribution is -0.117. The SMILES string of the molecule is COC(=O)c1sc(NC(=O)CN2CCN(c3ncccn3)CC2)c(C(=O)OC)c1C. The fourth-order valence-electron chi connectivity index (χ4n) is 3.17. The molecule has 3 rings (SSSR count). The molecule has 1 saturated heterocycles. The third-order valence-corrected chi connectivity index (χ3v) is 5.92. The predicted octanol–water partition coefficient (Wildman–Crippen LogP) is 1.18. The molecule has 3 heterocycles. The lowest BCUT2D eigenvalue weighted by Crippen LogP contribution is -2.49. The van der Waals surface area contributed by atoms with E-state index in [1.165, 1.54) is 14.2 Å². The van der Waals surface area contributed by atoms with Crippen molar-refractivity contribution in [3.63, 3.8) is 0 Å². The van der Waals surface area contributed by atoms with Crippen LogP contribution in [-0.4, -0.2) is 79.7 Å². The summed E-state index contributed by atoms with van der Waals surface area (Å²) in [5.41, 5.74) is 0.591. The summed E-state index contributed by atoms with van der Waals surface area (Å²) in [5, 5.41) is 3.03. The number of nitrogens with one attached hydrogen (secondary N) is 1. The molecule has 2 aromatic heterocycles. The summed E-state index contributed by atoms with van der Waals surface area (Å²) in [6.45, 7) is 4.54. The first kappa shape index (κ1) is 21.7. The highest BCUT2D eigenvalue weighted by atomic mass is 32.1. The molecule has 1 amide bonds. The van der Waals surface area contributed by atoms with E-state index in [2.05, 4.69) is 20.2 Å². The van der Waals surface area contributed by atoms with Gasteiger partial charge in [0, 0.05) is 38.6 Å². The third-order valence-electron chi connectivity index (χ3n) is 4.73. The molecule has 1 fully saturated rings. The second-order valence-electron chi connectivity index (χ2n) is 6.60. The van der Waals surface area contributed by atoms with E-state index in [1.807, 2.05) is 4.90 Å². The molecule has 160 valence electrons. The summed E-state index contributed by atoms with van der Waals surface area (Å²) < 4.78 is 9.56. The van der Waals surface area contributed by atoms with Crippen LogP contribution in [0.5, 0.6) is 0 Å². The minimum absolute atomic E-state index is 0.161. The number of hydrogen-bond acceptors (Lipinski definition) is 10. The van der Waals surface area contributed by atoms with Crippen LogP contribution in [0.25, 0.3) is 0 Å². The van der Waals surface area contributed by atoms with Gasteiger partial charge in [0.05, 0.1) is 26.3 Å². The van der Waals surface area contributed by atoms with Gasteiger partial charge in [0.2, 0.25) is 11.9 Å². The molecule has 1 aliphatic rings. The van der Waals surface area contributed by atoms with E-state index in [9.17, 15) is 14.4 Å². The molecule has 10 nitrogen and oxygen atoms in total. The summed E-state index contributed by atoms with van der Waals surface area (Å²) in [6.07, 6.45) is 3.40. The molecular weight excluding hydrogens is 410 g/mol. The van der Waals surface area contributed by atoms with Crippen molar-refractivity contribution in [2.45, 2.75) is 6.92 Å². The van der Waals surface area contributed by atoms with Crippen molar-refractivity contribution in [1.29, 1.82) is 0 Å². The maximum Gasteiger partial charge on any atom is 0.348 e. The van der Waals surface area contributed by atoms with Crippen LogP contribution in [0.4, 0.5) is 10.9 Å². The Kier molecular flexibility index (Phi) is 6.95. The zero-order chi connectivity index (χ0) is 21.7. The molecule has 0 aliphatic carbocycles. The largest absolute Gasteiger partial charge is 0.465 e. The van der Waals surface area contributed by atoms with E-state index in [1.54, 1.807) is 25.4 Å². The number of rotatable bonds is 6. The fourth-order valence-corrected chi connectivity index (χ4v) is 4.30. The minimum atomic E-state index is -0.620. The summed E-state index contributed by atoms with van der Waals surface area (Å²) in [5.74, 6) is -0.788. The fraction of sp³-hybridized carbons (Fsp3) is 0.421. The van der Waals surface area contributed by atoms with E-state index in [0.717, 1.165) is 11.3 Å². The maximum atomic E-state index is 12.6. The van der Waals surface area contributed by atoms with Gasteiger partial charge in [-0.3, -0.25) is 9.69 Å². The Labute approximate surface area is 177 Å². The zero-order valence-corrected chi connectivity index (χ0v) is 17.8. The van der Waals surface area contributed by atoms with Crippen molar-refractivity contribution in [1.82, 2.24) is 14.9 Å². The van der Waals surface area contributed by atoms with Crippen LogP contribution in [0.1, 0.15) is 25.6 Å². The topological polar surface area (TPSA) is 114 Å². The van der Waals surface area contributed by atoms with Crippen LogP contribution in [0.3, 0.4) is 0 Å². The van der Waals surface area contributed by atoms with Gasteiger partial charge in [-0.25, -0.2) is 19.6 Å². The van der Waals surface area contributed by atoms with Crippen molar-refractivity contribution in [2.24, 2.45) is 0 Å². The molecule has 1 N–H and O–H groups in total. The van der Waals surface area contributed by atoms with Crippen molar-refractivity contribution in [3.05, 3.63) is 34.5 Å². The molecule has 0 bridgehead atoms. The second-order valence-corrected chi connectivity index (χ2v) is 7.62. The molecule has 11 heteroatoms. The predicted molar refractivity (Wildman–Crippen MR) is 111 cm³/mol. The van der Waals surface area contributed by atoms with Crippen LogP contribution in [0, 0.1) is 6.92 Å². The molecule has 0 saturated carbocycles. The molecule has 30 heavy (non-hydrogen) atoms. The highest BCUT2D eigenvalue weighted by molar-refractivity contribution is 7.18. The number of carbonyl (C=O) groups is 3. The van der Waals surface area contributed by atoms with E-state index < -0.39 is 11.9 Å². The standard InChI is InChI=1S/C19H23N5O5S/c1-12-14(17(26)28-2)16(30-15(12)18(27)29-3)22-13(25)11-23-7-9-24(10-8-23)19-20-5-4-6-21-19/h4-6H,7-11H2,1-3H3,(H,22,25). The van der Waals surface area contributed by atoms with Crippen LogP contribution < -0.4 is 10.2 Å². The van der Waals surface area contributed by atoms with E-state index in [4.69, 9.17) is 9.47 Å². The Hall–Kier alpha value is -3.05. The van der Waals surface area contributed by atoms with E-state index >= 15 is 0 Å². The van der Waals surface area contributed by atoms with E-state index in [-0.39, 0.29) is 27.9 Å². The Morgan fingerprint density at radius 1 is 1.07 bits per heavy atom. The number of piperazine rings is 1. The van der Waals surface area contributed by atoms with Crippen LogP contribution >= 0.6 is 11.3 Å². The van der Waals surface area contributed by atoms with Crippen LogP contribution in [0.2, 0.25) is 0 Å². The number of ether oxygens (including phenoxy) is 2. The van der Waals surface area contributed by atoms with E-state index in [0.29, 0.717) is 37.7 Å². The molecular formula is C19H23N5O5S. The normalized spacial score (nSPS) is 14.3. The molecule has 1 aliphatic heterocycles. The number of esters is 2. The average molecular weight is 433 g/mol. The first-order chi connectivity index (χ1) is 14.4. The van der Waals surface area contributed by atoms with Gasteiger partial charge >= 0.3 is 11.9 Å². The maximum absolute atomic E-state index is 12.6. The van der Waals surface area contributed by atoms with Crippen molar-refractivity contribution in [3.8, 4) is 0 Å². The number of aromatic nitrogens is 2. The van der Waals surface area contributed by atoms with Crippen LogP contribution in [0.15, 0.2) is 18.5 Å². The highest BCUT2D eigenvalue weighted by Crippen LogP contribution is 2.34. The van der Waals surface area contributed by atoms with Gasteiger partial charge < -0.3 is 19.7 Å². The number of hydrogen-bond donors (Lipinski definition) is 1. The minimum Gasteiger partial charge on any atom is -0.465 e. The van der Waals surface area contributed by atoms with Gasteiger partial charge in [-0.05, 0) is 18.6 Å². The lowest BCUT2D eigenvalue weighted by Gasteiger charge is -2.34. The number of anilines is 2. The monoisotopic (exact) mass is 433 g/mol. The quantitative estimate of drug-likeness (QED) is 0.671. The molecule has 0 spiro atoms. The molecule has 0 aromatic carbocycles. The molecule has 2 aromatic rings. The third kappa shape index (κ3) is 4.74. The van der Waals surface area contributed by atoms with Crippen molar-refractivity contribution >= 4 is 40.1 Å². The highest BCUT2D eigenvalue weighted by Gasteiger charge is 2.27. The summed E-state index contributed by atoms with van der Waals surface area (Å²) in [4.78, 5) is 49.6. The van der Waals surface area contributed by atoms with Gasteiger partial charge in [-0.1, -0.05) is 0 Å². The lowest BCUT2D eigenvalue weighted by atomic mass is 10.1. The van der Waals surface area contributed by atoms with Gasteiger partial charge in [-0.2, -0.15) is 0 Å². The number of carbonyl (C=O) groups excluding carboxylic acids is 3. The van der Waals surface area contributed by atoms with Gasteiger partial charge in [0.25, 0.3) is 0 Å². The zero-order valence-electron chi connectivity index (χ0n) is 17.0. The summed E-state index contributed by atoms with van der Waals surface area (Å²) >= 11 is 1.000. The summed E-state index contributed by atoms with van der Waals surface area (Å²) in [6, 6.07) is 1.77. The Morgan fingerprint density at radius 3 is 2.30 bits per heavy atom. The number of nitrogens with zero attached hydrogens (tertiary/aromatic N) is 4. The van der Waals surface area contributed by atoms with Crippen molar-refractivity contribution < 1.29 is 23.9 Å². The van der Waals surface area contributed by atoms with Gasteiger partial charge in [0.1, 0.15) is 9.88 Å². The molecule has 0 atom stereocenters. The van der Waals surface area contributed by atoms with Crippen molar-refractivity contribution in [2.75, 3.05) is 57.2 Å². The summed E-state index contributed by atoms with van der Waals surface area (Å²) in [7, 11) is 2.51. The Morgan fingerprint density at radius 2 is 1.70 bits per heavy atom. The number of methoxy groups -OCH3 is 2. The molecule has 0 unspecified atom stereocenters. The second kappa shape index (κ2) is 9.63. The average Bonchev–Trinajstić information content (AvgIpc) is 3.09. The Bertz CT molecular complexity index is 925. The van der Waals surface area contributed by atoms with Gasteiger partial charge in [0.15, 0.2) is 0 Å². The molecule has 0 radical (unpaired) electrons. The Balaban J connectivity index is 1.64. The number of amides is 1. The first-order valence-corrected chi connectivity index (χ1v) is 10.1. The van der Waals surface area contributed by atoms with Gasteiger partial charge in [-0.15, -0.1) is 11.3 Å². The smallest absolute Gasteiger partial charge is 0.348 e.